The first-order valence-corrected chi connectivity index (χ1v) is 5.37. The van der Waals surface area contributed by atoms with Gasteiger partial charge in [-0.2, -0.15) is 16.7 Å². The third-order valence-electron chi connectivity index (χ3n) is 2.03. The van der Waals surface area contributed by atoms with Gasteiger partial charge < -0.3 is 4.52 Å². The van der Waals surface area contributed by atoms with E-state index in [0.717, 1.165) is 12.2 Å². The maximum absolute atomic E-state index is 5.14. The molecule has 0 radical (unpaired) electrons. The van der Waals surface area contributed by atoms with Crippen LogP contribution in [0.15, 0.2) is 4.52 Å². The lowest BCUT2D eigenvalue weighted by Crippen LogP contribution is -2.07. The van der Waals surface area contributed by atoms with E-state index in [1.807, 2.05) is 11.8 Å². The molecule has 2 heterocycles. The molecule has 5 nitrogen and oxygen atoms in total. The van der Waals surface area contributed by atoms with E-state index in [2.05, 4.69) is 15.6 Å². The van der Waals surface area contributed by atoms with E-state index in [1.54, 1.807) is 0 Å². The molecule has 1 aromatic heterocycles. The molecule has 0 aliphatic carbocycles. The zero-order chi connectivity index (χ0) is 9.10. The van der Waals surface area contributed by atoms with Crippen LogP contribution in [0.1, 0.15) is 30.3 Å². The lowest BCUT2D eigenvalue weighted by molar-refractivity contribution is 0.420. The number of nitrogens with zero attached hydrogens (tertiary/aromatic N) is 2. The van der Waals surface area contributed by atoms with Crippen molar-refractivity contribution in [2.24, 2.45) is 5.84 Å². The smallest absolute Gasteiger partial charge is 0.314 e. The van der Waals surface area contributed by atoms with Crippen LogP contribution in [-0.4, -0.2) is 15.9 Å². The Morgan fingerprint density at radius 3 is 3.08 bits per heavy atom. The number of nitrogen functional groups attached to an aromatic ring is 1. The first-order chi connectivity index (χ1) is 6.40. The number of hydrazine groups is 1. The fourth-order valence-electron chi connectivity index (χ4n) is 1.37. The van der Waals surface area contributed by atoms with Crippen molar-refractivity contribution in [2.75, 3.05) is 11.2 Å². The fourth-order valence-corrected chi connectivity index (χ4v) is 2.60. The second-order valence-corrected chi connectivity index (χ2v) is 4.27. The summed E-state index contributed by atoms with van der Waals surface area (Å²) in [5.74, 6) is 7.09. The lowest BCUT2D eigenvalue weighted by atomic mass is 10.2. The average Bonchev–Trinajstić information content (AvgIpc) is 2.67. The Balaban J connectivity index is 2.05. The zero-order valence-corrected chi connectivity index (χ0v) is 8.01. The minimum atomic E-state index is 0.293. The van der Waals surface area contributed by atoms with E-state index >= 15 is 0 Å². The lowest BCUT2D eigenvalue weighted by Gasteiger charge is -2.17. The molecule has 0 aromatic carbocycles. The number of thioether (sulfide) groups is 1. The Kier molecular flexibility index (Phi) is 2.70. The Bertz CT molecular complexity index is 271. The van der Waals surface area contributed by atoms with Gasteiger partial charge >= 0.3 is 6.01 Å². The predicted octanol–water partition coefficient (Wildman–Crippen LogP) is 1.31. The van der Waals surface area contributed by atoms with Gasteiger partial charge in [-0.1, -0.05) is 11.6 Å². The van der Waals surface area contributed by atoms with Gasteiger partial charge in [-0.25, -0.2) is 5.84 Å². The SMILES string of the molecule is NNc1nc(C2CCCCS2)no1. The number of rotatable bonds is 2. The maximum atomic E-state index is 5.14. The number of anilines is 1. The summed E-state index contributed by atoms with van der Waals surface area (Å²) in [7, 11) is 0. The van der Waals surface area contributed by atoms with E-state index in [1.165, 1.54) is 18.6 Å². The van der Waals surface area contributed by atoms with Crippen molar-refractivity contribution in [3.05, 3.63) is 5.82 Å². The molecule has 1 saturated heterocycles. The molecule has 1 atom stereocenters. The van der Waals surface area contributed by atoms with Gasteiger partial charge in [0.15, 0.2) is 5.82 Å². The van der Waals surface area contributed by atoms with Crippen molar-refractivity contribution in [2.45, 2.75) is 24.5 Å². The van der Waals surface area contributed by atoms with Crippen LogP contribution in [0.4, 0.5) is 6.01 Å². The van der Waals surface area contributed by atoms with Gasteiger partial charge in [0.05, 0.1) is 5.25 Å². The Morgan fingerprint density at radius 2 is 2.46 bits per heavy atom. The standard InChI is InChI=1S/C7H12N4OS/c8-10-7-9-6(11-12-7)5-3-1-2-4-13-5/h5H,1-4,8H2,(H,9,10,11). The Morgan fingerprint density at radius 1 is 1.54 bits per heavy atom. The molecule has 72 valence electrons. The summed E-state index contributed by atoms with van der Waals surface area (Å²) in [6.07, 6.45) is 3.67. The van der Waals surface area contributed by atoms with Gasteiger partial charge in [-0.3, -0.25) is 5.43 Å². The minimum Gasteiger partial charge on any atom is -0.314 e. The summed E-state index contributed by atoms with van der Waals surface area (Å²) >= 11 is 1.89. The van der Waals surface area contributed by atoms with Crippen LogP contribution < -0.4 is 11.3 Å². The molecular weight excluding hydrogens is 188 g/mol. The van der Waals surface area contributed by atoms with Gasteiger partial charge in [0.1, 0.15) is 0 Å². The van der Waals surface area contributed by atoms with Crippen molar-refractivity contribution in [3.63, 3.8) is 0 Å². The van der Waals surface area contributed by atoms with Crippen LogP contribution in [-0.2, 0) is 0 Å². The second kappa shape index (κ2) is 3.97. The van der Waals surface area contributed by atoms with Crippen LogP contribution in [0.5, 0.6) is 0 Å². The van der Waals surface area contributed by atoms with Gasteiger partial charge in [-0.05, 0) is 18.6 Å². The molecule has 1 aliphatic heterocycles. The van der Waals surface area contributed by atoms with Gasteiger partial charge in [0.25, 0.3) is 0 Å². The van der Waals surface area contributed by atoms with Crippen LogP contribution in [0.3, 0.4) is 0 Å². The summed E-state index contributed by atoms with van der Waals surface area (Å²) < 4.78 is 4.86. The number of hydrogen-bond donors (Lipinski definition) is 2. The number of aromatic nitrogens is 2. The van der Waals surface area contributed by atoms with Crippen molar-refractivity contribution in [3.8, 4) is 0 Å². The molecule has 1 unspecified atom stereocenters. The molecule has 1 fully saturated rings. The minimum absolute atomic E-state index is 0.293. The average molecular weight is 200 g/mol. The third-order valence-corrected chi connectivity index (χ3v) is 3.41. The normalized spacial score (nSPS) is 23.0. The molecule has 0 amide bonds. The highest BCUT2D eigenvalue weighted by molar-refractivity contribution is 7.99. The molecule has 2 rings (SSSR count). The molecule has 13 heavy (non-hydrogen) atoms. The second-order valence-electron chi connectivity index (χ2n) is 2.96. The predicted molar refractivity (Wildman–Crippen MR) is 51.2 cm³/mol. The zero-order valence-electron chi connectivity index (χ0n) is 7.19. The maximum Gasteiger partial charge on any atom is 0.335 e. The Hall–Kier alpha value is -0.750. The van der Waals surface area contributed by atoms with E-state index in [-0.39, 0.29) is 0 Å². The summed E-state index contributed by atoms with van der Waals surface area (Å²) in [5.41, 5.74) is 2.34. The van der Waals surface area contributed by atoms with Gasteiger partial charge in [0.2, 0.25) is 0 Å². The molecule has 0 saturated carbocycles. The molecule has 1 aliphatic rings. The highest BCUT2D eigenvalue weighted by Gasteiger charge is 2.21. The molecule has 1 aromatic rings. The summed E-state index contributed by atoms with van der Waals surface area (Å²) in [6.45, 7) is 0. The van der Waals surface area contributed by atoms with Crippen molar-refractivity contribution < 1.29 is 4.52 Å². The summed E-state index contributed by atoms with van der Waals surface area (Å²) in [5, 5.41) is 4.25. The summed E-state index contributed by atoms with van der Waals surface area (Å²) in [4.78, 5) is 4.12. The van der Waals surface area contributed by atoms with Crippen LogP contribution in [0.25, 0.3) is 0 Å². The molecular formula is C7H12N4OS. The van der Waals surface area contributed by atoms with Crippen molar-refractivity contribution >= 4 is 17.8 Å². The monoisotopic (exact) mass is 200 g/mol. The quantitative estimate of drug-likeness (QED) is 0.553. The fraction of sp³-hybridized carbons (Fsp3) is 0.714. The van der Waals surface area contributed by atoms with E-state index in [0.29, 0.717) is 11.3 Å². The number of nitrogens with two attached hydrogens (primary N) is 1. The highest BCUT2D eigenvalue weighted by Crippen LogP contribution is 2.36. The largest absolute Gasteiger partial charge is 0.335 e. The first-order valence-electron chi connectivity index (χ1n) is 4.32. The molecule has 0 spiro atoms. The van der Waals surface area contributed by atoms with E-state index in [4.69, 9.17) is 10.4 Å². The Labute approximate surface area is 80.4 Å². The number of nitrogens with one attached hydrogen (secondary N) is 1. The van der Waals surface area contributed by atoms with E-state index in [9.17, 15) is 0 Å². The summed E-state index contributed by atoms with van der Waals surface area (Å²) in [6, 6.07) is 0.293. The molecule has 6 heteroatoms. The first kappa shape index (κ1) is 8.83. The van der Waals surface area contributed by atoms with Gasteiger partial charge in [0, 0.05) is 0 Å². The van der Waals surface area contributed by atoms with Crippen molar-refractivity contribution in [1.29, 1.82) is 0 Å². The molecule has 3 N–H and O–H groups in total. The van der Waals surface area contributed by atoms with Crippen LogP contribution in [0.2, 0.25) is 0 Å². The highest BCUT2D eigenvalue weighted by atomic mass is 32.2. The van der Waals surface area contributed by atoms with E-state index < -0.39 is 0 Å². The van der Waals surface area contributed by atoms with Crippen LogP contribution >= 0.6 is 11.8 Å². The van der Waals surface area contributed by atoms with Crippen molar-refractivity contribution in [1.82, 2.24) is 10.1 Å². The topological polar surface area (TPSA) is 77.0 Å². The van der Waals surface area contributed by atoms with Gasteiger partial charge in [-0.15, -0.1) is 0 Å². The van der Waals surface area contributed by atoms with Crippen LogP contribution in [0, 0.1) is 0 Å². The number of hydrogen-bond acceptors (Lipinski definition) is 6. The molecule has 0 bridgehead atoms. The third kappa shape index (κ3) is 1.94.